The lowest BCUT2D eigenvalue weighted by Crippen LogP contribution is -2.41. The standard InChI is InChI=1S/C18H20N2O2/c1-22-17-9-12-20(18(21)15-7-10-19-11-8-15)16(17)13-14-5-3-2-4-6-14/h2-8,10-11,16-17H,9,12-13H2,1H3/t16-,17+/m0/s1. The molecule has 1 aliphatic rings. The number of rotatable bonds is 4. The van der Waals surface area contributed by atoms with Crippen molar-refractivity contribution in [2.75, 3.05) is 13.7 Å². The Hall–Kier alpha value is -2.20. The van der Waals surface area contributed by atoms with E-state index in [-0.39, 0.29) is 18.1 Å². The van der Waals surface area contributed by atoms with Crippen LogP contribution in [-0.4, -0.2) is 41.6 Å². The largest absolute Gasteiger partial charge is 0.379 e. The molecule has 0 spiro atoms. The molecule has 4 heteroatoms. The number of ether oxygens (including phenoxy) is 1. The van der Waals surface area contributed by atoms with Crippen molar-refractivity contribution in [1.82, 2.24) is 9.88 Å². The Balaban J connectivity index is 1.81. The highest BCUT2D eigenvalue weighted by Crippen LogP contribution is 2.25. The molecule has 4 nitrogen and oxygen atoms in total. The van der Waals surface area contributed by atoms with Crippen LogP contribution in [0.4, 0.5) is 0 Å². The molecule has 0 aliphatic carbocycles. The second-order valence-corrected chi connectivity index (χ2v) is 5.55. The van der Waals surface area contributed by atoms with Gasteiger partial charge >= 0.3 is 0 Å². The molecule has 1 aromatic carbocycles. The van der Waals surface area contributed by atoms with E-state index in [2.05, 4.69) is 17.1 Å². The first-order chi connectivity index (χ1) is 10.8. The van der Waals surface area contributed by atoms with Crippen molar-refractivity contribution in [3.05, 3.63) is 66.0 Å². The Bertz CT molecular complexity index is 615. The number of pyridine rings is 1. The summed E-state index contributed by atoms with van der Waals surface area (Å²) in [6, 6.07) is 13.9. The Morgan fingerprint density at radius 1 is 1.23 bits per heavy atom. The van der Waals surface area contributed by atoms with E-state index in [9.17, 15) is 4.79 Å². The summed E-state index contributed by atoms with van der Waals surface area (Å²) in [5, 5.41) is 0. The van der Waals surface area contributed by atoms with Gasteiger partial charge in [-0.2, -0.15) is 0 Å². The van der Waals surface area contributed by atoms with Crippen LogP contribution in [0.2, 0.25) is 0 Å². The molecular weight excluding hydrogens is 276 g/mol. The van der Waals surface area contributed by atoms with E-state index in [0.717, 1.165) is 19.4 Å². The molecule has 1 aromatic heterocycles. The van der Waals surface area contributed by atoms with Crippen LogP contribution in [0, 0.1) is 0 Å². The van der Waals surface area contributed by atoms with Gasteiger partial charge in [0.25, 0.3) is 5.91 Å². The molecule has 114 valence electrons. The highest BCUT2D eigenvalue weighted by Gasteiger charge is 2.37. The fourth-order valence-corrected chi connectivity index (χ4v) is 3.11. The van der Waals surface area contributed by atoms with Crippen LogP contribution in [0.5, 0.6) is 0 Å². The summed E-state index contributed by atoms with van der Waals surface area (Å²) in [5.74, 6) is 0.0582. The molecule has 0 bridgehead atoms. The van der Waals surface area contributed by atoms with Crippen molar-refractivity contribution in [2.45, 2.75) is 25.0 Å². The Labute approximate surface area is 130 Å². The van der Waals surface area contributed by atoms with Gasteiger partial charge in [-0.05, 0) is 30.5 Å². The molecule has 1 saturated heterocycles. The van der Waals surface area contributed by atoms with Gasteiger partial charge in [-0.25, -0.2) is 0 Å². The molecule has 1 amide bonds. The third-order valence-corrected chi connectivity index (χ3v) is 4.26. The summed E-state index contributed by atoms with van der Waals surface area (Å²) in [6.07, 6.45) is 5.10. The number of hydrogen-bond donors (Lipinski definition) is 0. The highest BCUT2D eigenvalue weighted by molar-refractivity contribution is 5.94. The topological polar surface area (TPSA) is 42.4 Å². The van der Waals surface area contributed by atoms with Crippen LogP contribution in [0.15, 0.2) is 54.9 Å². The third kappa shape index (κ3) is 3.02. The summed E-state index contributed by atoms with van der Waals surface area (Å²) >= 11 is 0. The van der Waals surface area contributed by atoms with E-state index < -0.39 is 0 Å². The molecule has 2 aromatic rings. The van der Waals surface area contributed by atoms with Gasteiger partial charge in [0.05, 0.1) is 12.1 Å². The lowest BCUT2D eigenvalue weighted by Gasteiger charge is -2.28. The molecule has 2 atom stereocenters. The van der Waals surface area contributed by atoms with Crippen molar-refractivity contribution in [1.29, 1.82) is 0 Å². The van der Waals surface area contributed by atoms with Crippen molar-refractivity contribution in [3.8, 4) is 0 Å². The maximum Gasteiger partial charge on any atom is 0.254 e. The maximum absolute atomic E-state index is 12.8. The number of hydrogen-bond acceptors (Lipinski definition) is 3. The predicted molar refractivity (Wildman–Crippen MR) is 84.6 cm³/mol. The quantitative estimate of drug-likeness (QED) is 0.871. The molecule has 0 N–H and O–H groups in total. The zero-order valence-corrected chi connectivity index (χ0v) is 12.7. The van der Waals surface area contributed by atoms with Crippen LogP contribution in [0.1, 0.15) is 22.3 Å². The van der Waals surface area contributed by atoms with Gasteiger partial charge in [-0.3, -0.25) is 9.78 Å². The van der Waals surface area contributed by atoms with E-state index in [1.165, 1.54) is 5.56 Å². The number of likely N-dealkylation sites (tertiary alicyclic amines) is 1. The number of benzene rings is 1. The minimum absolute atomic E-state index is 0.0582. The SMILES string of the molecule is CO[C@@H]1CCN(C(=O)c2ccncc2)[C@H]1Cc1ccccc1. The Kier molecular flexibility index (Phi) is 4.49. The van der Waals surface area contributed by atoms with Gasteiger partial charge in [0.1, 0.15) is 0 Å². The van der Waals surface area contributed by atoms with Gasteiger partial charge in [-0.15, -0.1) is 0 Å². The van der Waals surface area contributed by atoms with Crippen LogP contribution < -0.4 is 0 Å². The first kappa shape index (κ1) is 14.7. The number of nitrogens with zero attached hydrogens (tertiary/aromatic N) is 2. The number of amides is 1. The lowest BCUT2D eigenvalue weighted by molar-refractivity contribution is 0.0508. The molecule has 1 aliphatic heterocycles. The lowest BCUT2D eigenvalue weighted by atomic mass is 10.0. The molecule has 0 radical (unpaired) electrons. The van der Waals surface area contributed by atoms with Crippen LogP contribution in [0.3, 0.4) is 0 Å². The third-order valence-electron chi connectivity index (χ3n) is 4.26. The molecule has 0 unspecified atom stereocenters. The number of carbonyl (C=O) groups is 1. The van der Waals surface area contributed by atoms with E-state index in [0.29, 0.717) is 5.56 Å². The molecule has 2 heterocycles. The first-order valence-corrected chi connectivity index (χ1v) is 7.57. The zero-order chi connectivity index (χ0) is 15.4. The van der Waals surface area contributed by atoms with Gasteiger partial charge in [0.2, 0.25) is 0 Å². The Morgan fingerprint density at radius 3 is 2.64 bits per heavy atom. The summed E-state index contributed by atoms with van der Waals surface area (Å²) in [4.78, 5) is 18.7. The summed E-state index contributed by atoms with van der Waals surface area (Å²) in [6.45, 7) is 0.733. The Morgan fingerprint density at radius 2 is 1.95 bits per heavy atom. The van der Waals surface area contributed by atoms with Crippen molar-refractivity contribution < 1.29 is 9.53 Å². The van der Waals surface area contributed by atoms with Crippen molar-refractivity contribution in [2.24, 2.45) is 0 Å². The van der Waals surface area contributed by atoms with Crippen molar-refractivity contribution >= 4 is 5.91 Å². The average Bonchev–Trinajstić information content (AvgIpc) is 2.98. The van der Waals surface area contributed by atoms with Gasteiger partial charge < -0.3 is 9.64 Å². The van der Waals surface area contributed by atoms with Crippen molar-refractivity contribution in [3.63, 3.8) is 0 Å². The number of methoxy groups -OCH3 is 1. The summed E-state index contributed by atoms with van der Waals surface area (Å²) in [5.41, 5.74) is 1.91. The number of carbonyl (C=O) groups excluding carboxylic acids is 1. The van der Waals surface area contributed by atoms with E-state index >= 15 is 0 Å². The van der Waals surface area contributed by atoms with E-state index in [1.807, 2.05) is 23.1 Å². The van der Waals surface area contributed by atoms with Crippen LogP contribution in [0.25, 0.3) is 0 Å². The van der Waals surface area contributed by atoms with Crippen LogP contribution >= 0.6 is 0 Å². The minimum Gasteiger partial charge on any atom is -0.379 e. The van der Waals surface area contributed by atoms with E-state index in [1.54, 1.807) is 31.6 Å². The molecule has 0 saturated carbocycles. The predicted octanol–water partition coefficient (Wildman–Crippen LogP) is 2.55. The second-order valence-electron chi connectivity index (χ2n) is 5.55. The van der Waals surface area contributed by atoms with Gasteiger partial charge in [0.15, 0.2) is 0 Å². The average molecular weight is 296 g/mol. The second kappa shape index (κ2) is 6.71. The molecular formula is C18H20N2O2. The normalized spacial score (nSPS) is 21.0. The first-order valence-electron chi connectivity index (χ1n) is 7.57. The molecule has 22 heavy (non-hydrogen) atoms. The zero-order valence-electron chi connectivity index (χ0n) is 12.7. The fourth-order valence-electron chi connectivity index (χ4n) is 3.11. The van der Waals surface area contributed by atoms with Gasteiger partial charge in [-0.1, -0.05) is 30.3 Å². The van der Waals surface area contributed by atoms with Crippen LogP contribution in [-0.2, 0) is 11.2 Å². The monoisotopic (exact) mass is 296 g/mol. The summed E-state index contributed by atoms with van der Waals surface area (Å²) < 4.78 is 5.61. The maximum atomic E-state index is 12.8. The van der Waals surface area contributed by atoms with Gasteiger partial charge in [0, 0.05) is 31.6 Å². The highest BCUT2D eigenvalue weighted by atomic mass is 16.5. The fraction of sp³-hybridized carbons (Fsp3) is 0.333. The summed E-state index contributed by atoms with van der Waals surface area (Å²) in [7, 11) is 1.73. The molecule has 3 rings (SSSR count). The minimum atomic E-state index is 0.0582. The van der Waals surface area contributed by atoms with E-state index in [4.69, 9.17) is 4.74 Å². The smallest absolute Gasteiger partial charge is 0.254 e. The molecule has 1 fully saturated rings. The number of aromatic nitrogens is 1.